The fourth-order valence-corrected chi connectivity index (χ4v) is 3.06. The first-order chi connectivity index (χ1) is 15.3. The number of aryl methyl sites for hydroxylation is 1. The average molecular weight is 446 g/mol. The highest BCUT2D eigenvalue weighted by molar-refractivity contribution is 5.87. The molecule has 0 saturated heterocycles. The van der Waals surface area contributed by atoms with Crippen molar-refractivity contribution in [3.8, 4) is 17.1 Å². The monoisotopic (exact) mass is 445 g/mol. The van der Waals surface area contributed by atoms with Crippen LogP contribution in [-0.4, -0.2) is 66.7 Å². The molecule has 2 rings (SSSR count). The number of ether oxygens (including phenoxy) is 1. The van der Waals surface area contributed by atoms with Crippen molar-refractivity contribution in [3.05, 3.63) is 30.2 Å². The number of rotatable bonds is 13. The van der Waals surface area contributed by atoms with Gasteiger partial charge in [-0.3, -0.25) is 9.59 Å². The Morgan fingerprint density at radius 2 is 1.91 bits per heavy atom. The third-order valence-corrected chi connectivity index (χ3v) is 4.67. The molecule has 1 aromatic carbocycles. The molecule has 0 aliphatic heterocycles. The SMILES string of the molecule is CCOc1ccc(-c2noc(CCC(=O)N[C@@H](CC(C)C)C(=O)NCCN(C)C)n2)cc1. The molecule has 0 spiro atoms. The standard InChI is InChI=1S/C23H35N5O4/c1-6-31-18-9-7-17(8-10-18)22-26-21(32-27-22)12-11-20(29)25-19(15-16(2)3)23(30)24-13-14-28(4)5/h7-10,16,19H,6,11-15H2,1-5H3,(H,24,30)(H,25,29)/t19-/m0/s1. The summed E-state index contributed by atoms with van der Waals surface area (Å²) in [6.45, 7) is 7.84. The van der Waals surface area contributed by atoms with Gasteiger partial charge in [0.05, 0.1) is 6.61 Å². The van der Waals surface area contributed by atoms with Crippen molar-refractivity contribution in [2.45, 2.75) is 46.1 Å². The van der Waals surface area contributed by atoms with Crippen molar-refractivity contribution in [1.82, 2.24) is 25.7 Å². The summed E-state index contributed by atoms with van der Waals surface area (Å²) in [5, 5.41) is 9.72. The van der Waals surface area contributed by atoms with E-state index in [-0.39, 0.29) is 24.2 Å². The van der Waals surface area contributed by atoms with Gasteiger partial charge in [-0.1, -0.05) is 19.0 Å². The molecular weight excluding hydrogens is 410 g/mol. The van der Waals surface area contributed by atoms with E-state index < -0.39 is 6.04 Å². The highest BCUT2D eigenvalue weighted by atomic mass is 16.5. The largest absolute Gasteiger partial charge is 0.494 e. The topological polar surface area (TPSA) is 110 Å². The quantitative estimate of drug-likeness (QED) is 0.487. The summed E-state index contributed by atoms with van der Waals surface area (Å²) >= 11 is 0. The van der Waals surface area contributed by atoms with Crippen molar-refractivity contribution < 1.29 is 18.8 Å². The third kappa shape index (κ3) is 8.66. The van der Waals surface area contributed by atoms with E-state index in [9.17, 15) is 9.59 Å². The predicted molar refractivity (Wildman–Crippen MR) is 122 cm³/mol. The number of carbonyl (C=O) groups is 2. The number of amides is 2. The van der Waals surface area contributed by atoms with Gasteiger partial charge in [-0.2, -0.15) is 4.98 Å². The Morgan fingerprint density at radius 1 is 1.19 bits per heavy atom. The van der Waals surface area contributed by atoms with E-state index in [2.05, 4.69) is 20.8 Å². The minimum Gasteiger partial charge on any atom is -0.494 e. The van der Waals surface area contributed by atoms with E-state index in [1.165, 1.54) is 0 Å². The molecule has 2 aromatic rings. The Morgan fingerprint density at radius 3 is 2.53 bits per heavy atom. The molecular formula is C23H35N5O4. The van der Waals surface area contributed by atoms with Gasteiger partial charge in [0.15, 0.2) is 0 Å². The number of likely N-dealkylation sites (N-methyl/N-ethyl adjacent to an activating group) is 1. The highest BCUT2D eigenvalue weighted by Crippen LogP contribution is 2.20. The Kier molecular flexibility index (Phi) is 10.1. The second-order valence-corrected chi connectivity index (χ2v) is 8.31. The lowest BCUT2D eigenvalue weighted by Gasteiger charge is -2.20. The molecule has 2 N–H and O–H groups in total. The molecule has 1 aromatic heterocycles. The summed E-state index contributed by atoms with van der Waals surface area (Å²) in [6.07, 6.45) is 1.03. The molecule has 2 amide bonds. The van der Waals surface area contributed by atoms with Gasteiger partial charge in [-0.25, -0.2) is 0 Å². The first-order valence-electron chi connectivity index (χ1n) is 11.1. The van der Waals surface area contributed by atoms with E-state index in [1.54, 1.807) is 0 Å². The zero-order valence-electron chi connectivity index (χ0n) is 19.7. The first kappa shape index (κ1) is 25.3. The maximum Gasteiger partial charge on any atom is 0.242 e. The summed E-state index contributed by atoms with van der Waals surface area (Å²) in [7, 11) is 3.89. The molecule has 176 valence electrons. The van der Waals surface area contributed by atoms with Crippen LogP contribution in [0.1, 0.15) is 39.5 Å². The van der Waals surface area contributed by atoms with E-state index >= 15 is 0 Å². The third-order valence-electron chi connectivity index (χ3n) is 4.67. The molecule has 0 bridgehead atoms. The van der Waals surface area contributed by atoms with Gasteiger partial charge in [0.25, 0.3) is 0 Å². The van der Waals surface area contributed by atoms with E-state index in [0.29, 0.717) is 37.7 Å². The Balaban J connectivity index is 1.87. The Labute approximate surface area is 189 Å². The molecule has 0 aliphatic rings. The Bertz CT molecular complexity index is 848. The van der Waals surface area contributed by atoms with Crippen LogP contribution in [0.3, 0.4) is 0 Å². The summed E-state index contributed by atoms with van der Waals surface area (Å²) in [5.74, 6) is 1.50. The maximum absolute atomic E-state index is 12.5. The van der Waals surface area contributed by atoms with E-state index in [0.717, 1.165) is 17.9 Å². The van der Waals surface area contributed by atoms with Gasteiger partial charge >= 0.3 is 0 Å². The van der Waals surface area contributed by atoms with Crippen molar-refractivity contribution in [2.24, 2.45) is 5.92 Å². The lowest BCUT2D eigenvalue weighted by molar-refractivity contribution is -0.129. The van der Waals surface area contributed by atoms with Crippen molar-refractivity contribution in [2.75, 3.05) is 33.8 Å². The van der Waals surface area contributed by atoms with Crippen LogP contribution in [0.2, 0.25) is 0 Å². The zero-order chi connectivity index (χ0) is 23.5. The minimum absolute atomic E-state index is 0.157. The number of carbonyl (C=O) groups excluding carboxylic acids is 2. The minimum atomic E-state index is -0.563. The second-order valence-electron chi connectivity index (χ2n) is 8.31. The van der Waals surface area contributed by atoms with Gasteiger partial charge in [0.2, 0.25) is 23.5 Å². The summed E-state index contributed by atoms with van der Waals surface area (Å²) in [5.41, 5.74) is 0.805. The van der Waals surface area contributed by atoms with E-state index in [1.807, 2.05) is 64.0 Å². The van der Waals surface area contributed by atoms with Gasteiger partial charge < -0.3 is 24.8 Å². The summed E-state index contributed by atoms with van der Waals surface area (Å²) in [6, 6.07) is 6.85. The van der Waals surface area contributed by atoms with Gasteiger partial charge in [-0.15, -0.1) is 0 Å². The van der Waals surface area contributed by atoms with Crippen LogP contribution in [0.5, 0.6) is 5.75 Å². The molecule has 0 radical (unpaired) electrons. The first-order valence-corrected chi connectivity index (χ1v) is 11.1. The molecule has 0 saturated carbocycles. The number of hydrogen-bond acceptors (Lipinski definition) is 7. The smallest absolute Gasteiger partial charge is 0.242 e. The van der Waals surface area contributed by atoms with Gasteiger partial charge in [0.1, 0.15) is 11.8 Å². The molecule has 0 unspecified atom stereocenters. The number of benzene rings is 1. The molecule has 32 heavy (non-hydrogen) atoms. The predicted octanol–water partition coefficient (Wildman–Crippen LogP) is 2.28. The number of aromatic nitrogens is 2. The average Bonchev–Trinajstić information content (AvgIpc) is 3.21. The molecule has 9 nitrogen and oxygen atoms in total. The van der Waals surface area contributed by atoms with Crippen molar-refractivity contribution in [3.63, 3.8) is 0 Å². The van der Waals surface area contributed by atoms with Crippen LogP contribution >= 0.6 is 0 Å². The number of nitrogens with one attached hydrogen (secondary N) is 2. The second kappa shape index (κ2) is 12.8. The van der Waals surface area contributed by atoms with Gasteiger partial charge in [-0.05, 0) is 57.6 Å². The molecule has 0 fully saturated rings. The normalized spacial score (nSPS) is 12.1. The highest BCUT2D eigenvalue weighted by Gasteiger charge is 2.22. The van der Waals surface area contributed by atoms with Crippen LogP contribution in [-0.2, 0) is 16.0 Å². The van der Waals surface area contributed by atoms with Crippen LogP contribution in [0.25, 0.3) is 11.4 Å². The summed E-state index contributed by atoms with van der Waals surface area (Å²) < 4.78 is 10.7. The fourth-order valence-electron chi connectivity index (χ4n) is 3.06. The Hall–Kier alpha value is -2.94. The lowest BCUT2D eigenvalue weighted by Crippen LogP contribution is -2.48. The van der Waals surface area contributed by atoms with Crippen LogP contribution < -0.4 is 15.4 Å². The van der Waals surface area contributed by atoms with Crippen molar-refractivity contribution in [1.29, 1.82) is 0 Å². The fraction of sp³-hybridized carbons (Fsp3) is 0.565. The number of nitrogens with zero attached hydrogens (tertiary/aromatic N) is 3. The maximum atomic E-state index is 12.5. The van der Waals surface area contributed by atoms with Crippen LogP contribution in [0, 0.1) is 5.92 Å². The molecule has 0 aliphatic carbocycles. The molecule has 1 atom stereocenters. The van der Waals surface area contributed by atoms with Crippen molar-refractivity contribution >= 4 is 11.8 Å². The molecule has 1 heterocycles. The molecule has 9 heteroatoms. The van der Waals surface area contributed by atoms with Crippen LogP contribution in [0.4, 0.5) is 0 Å². The van der Waals surface area contributed by atoms with Crippen LogP contribution in [0.15, 0.2) is 28.8 Å². The lowest BCUT2D eigenvalue weighted by atomic mass is 10.0. The zero-order valence-corrected chi connectivity index (χ0v) is 19.7. The van der Waals surface area contributed by atoms with Gasteiger partial charge in [0, 0.05) is 31.5 Å². The van der Waals surface area contributed by atoms with E-state index in [4.69, 9.17) is 9.26 Å². The summed E-state index contributed by atoms with van der Waals surface area (Å²) in [4.78, 5) is 31.3. The number of hydrogen-bond donors (Lipinski definition) is 2.